The Hall–Kier alpha value is -1.55. The molecule has 1 N–H and O–H groups in total. The molecule has 0 spiro atoms. The molecule has 3 aliphatic rings. The Bertz CT molecular complexity index is 787. The molecule has 4 rings (SSSR count). The van der Waals surface area contributed by atoms with Gasteiger partial charge in [-0.2, -0.15) is 0 Å². The topological polar surface area (TPSA) is 49.4 Å². The van der Waals surface area contributed by atoms with Crippen LogP contribution in [0.1, 0.15) is 57.1 Å². The molecule has 2 unspecified atom stereocenters. The van der Waals surface area contributed by atoms with Crippen molar-refractivity contribution in [1.29, 1.82) is 0 Å². The number of amides is 2. The molecule has 2 saturated carbocycles. The van der Waals surface area contributed by atoms with Crippen LogP contribution in [-0.4, -0.2) is 35.3 Å². The van der Waals surface area contributed by atoms with Crippen molar-refractivity contribution in [3.63, 3.8) is 0 Å². The fraction of sp³-hybridized carbons (Fsp3) is 0.636. The van der Waals surface area contributed by atoms with Gasteiger partial charge in [0.2, 0.25) is 11.8 Å². The molecule has 1 saturated heterocycles. The average molecular weight is 389 g/mol. The quantitative estimate of drug-likeness (QED) is 0.852. The Balaban J connectivity index is 1.34. The van der Waals surface area contributed by atoms with Crippen LogP contribution in [0.4, 0.5) is 0 Å². The van der Waals surface area contributed by atoms with Gasteiger partial charge in [0.1, 0.15) is 0 Å². The van der Waals surface area contributed by atoms with Gasteiger partial charge in [-0.05, 0) is 62.6 Å². The summed E-state index contributed by atoms with van der Waals surface area (Å²) in [5.74, 6) is 0.967. The third kappa shape index (κ3) is 3.26. The number of benzene rings is 1. The lowest BCUT2D eigenvalue weighted by molar-refractivity contribution is -0.144. The molecule has 0 radical (unpaired) electrons. The number of piperidine rings is 1. The Labute approximate surface area is 166 Å². The van der Waals surface area contributed by atoms with Crippen molar-refractivity contribution in [3.8, 4) is 0 Å². The van der Waals surface area contributed by atoms with Gasteiger partial charge in [0, 0.05) is 41.4 Å². The molecule has 2 atom stereocenters. The highest BCUT2D eigenvalue weighted by Gasteiger charge is 2.58. The van der Waals surface area contributed by atoms with Crippen molar-refractivity contribution >= 4 is 23.4 Å². The summed E-state index contributed by atoms with van der Waals surface area (Å²) in [7, 11) is 0. The van der Waals surface area contributed by atoms with Crippen molar-refractivity contribution in [2.45, 2.75) is 63.8 Å². The zero-order chi connectivity index (χ0) is 19.4. The molecule has 0 bridgehead atoms. The van der Waals surface area contributed by atoms with Gasteiger partial charge >= 0.3 is 0 Å². The highest BCUT2D eigenvalue weighted by Crippen LogP contribution is 2.59. The summed E-state index contributed by atoms with van der Waals surface area (Å²) < 4.78 is 0. The van der Waals surface area contributed by atoms with Crippen LogP contribution in [0.5, 0.6) is 0 Å². The van der Waals surface area contributed by atoms with Crippen molar-refractivity contribution in [1.82, 2.24) is 10.2 Å². The summed E-state index contributed by atoms with van der Waals surface area (Å²) in [5.41, 5.74) is 2.49. The van der Waals surface area contributed by atoms with Crippen molar-refractivity contribution < 1.29 is 9.59 Å². The van der Waals surface area contributed by atoms with E-state index in [0.29, 0.717) is 12.3 Å². The minimum atomic E-state index is -0.203. The van der Waals surface area contributed by atoms with Gasteiger partial charge in [-0.25, -0.2) is 0 Å². The van der Waals surface area contributed by atoms with E-state index in [1.54, 1.807) is 0 Å². The lowest BCUT2D eigenvalue weighted by Gasteiger charge is -2.47. The number of fused-ring (bicyclic) bond motifs is 1. The van der Waals surface area contributed by atoms with E-state index in [4.69, 9.17) is 11.6 Å². The summed E-state index contributed by atoms with van der Waals surface area (Å²) in [4.78, 5) is 26.6. The summed E-state index contributed by atoms with van der Waals surface area (Å²) in [5, 5.41) is 3.90. The number of rotatable bonds is 4. The van der Waals surface area contributed by atoms with Crippen LogP contribution in [-0.2, 0) is 15.0 Å². The minimum Gasteiger partial charge on any atom is -0.351 e. The number of hydrogen-bond donors (Lipinski definition) is 1. The molecule has 0 aromatic heterocycles. The van der Waals surface area contributed by atoms with Crippen molar-refractivity contribution in [3.05, 3.63) is 34.3 Å². The zero-order valence-electron chi connectivity index (χ0n) is 16.5. The molecule has 1 heterocycles. The van der Waals surface area contributed by atoms with Crippen LogP contribution in [0, 0.1) is 18.8 Å². The monoisotopic (exact) mass is 388 g/mol. The summed E-state index contributed by atoms with van der Waals surface area (Å²) in [6.07, 6.45) is 4.20. The third-order valence-electron chi connectivity index (χ3n) is 7.06. The van der Waals surface area contributed by atoms with Gasteiger partial charge in [-0.3, -0.25) is 9.59 Å². The Kier molecular flexibility index (Phi) is 4.53. The third-order valence-corrected chi connectivity index (χ3v) is 7.47. The molecule has 1 aromatic rings. The second-order valence-corrected chi connectivity index (χ2v) is 9.53. The normalized spacial score (nSPS) is 34.4. The Morgan fingerprint density at radius 3 is 2.67 bits per heavy atom. The highest BCUT2D eigenvalue weighted by atomic mass is 35.5. The van der Waals surface area contributed by atoms with E-state index in [9.17, 15) is 9.59 Å². The van der Waals surface area contributed by atoms with Crippen molar-refractivity contribution in [2.24, 2.45) is 11.8 Å². The number of nitrogens with zero attached hydrogens (tertiary/aromatic N) is 1. The fourth-order valence-corrected chi connectivity index (χ4v) is 5.39. The summed E-state index contributed by atoms with van der Waals surface area (Å²) in [6.45, 7) is 7.63. The first-order valence-corrected chi connectivity index (χ1v) is 10.5. The second-order valence-electron chi connectivity index (χ2n) is 9.12. The largest absolute Gasteiger partial charge is 0.351 e. The maximum absolute atomic E-state index is 12.9. The van der Waals surface area contributed by atoms with Gasteiger partial charge in [0.15, 0.2) is 0 Å². The maximum atomic E-state index is 12.9. The van der Waals surface area contributed by atoms with Crippen LogP contribution in [0.15, 0.2) is 18.2 Å². The van der Waals surface area contributed by atoms with E-state index < -0.39 is 0 Å². The number of carbonyl (C=O) groups excluding carboxylic acids is 2. The lowest BCUT2D eigenvalue weighted by atomic mass is 9.68. The number of likely N-dealkylation sites (tertiary alicyclic amines) is 1. The predicted molar refractivity (Wildman–Crippen MR) is 107 cm³/mol. The number of carbonyl (C=O) groups is 2. The van der Waals surface area contributed by atoms with Gasteiger partial charge in [0.05, 0.1) is 0 Å². The molecule has 3 fully saturated rings. The van der Waals surface area contributed by atoms with E-state index in [1.807, 2.05) is 20.8 Å². The molecule has 5 heteroatoms. The molecular formula is C22H29ClN2O2. The number of halogens is 1. The molecule has 146 valence electrons. The van der Waals surface area contributed by atoms with E-state index >= 15 is 0 Å². The summed E-state index contributed by atoms with van der Waals surface area (Å²) in [6, 6.07) is 6.45. The molecular weight excluding hydrogens is 360 g/mol. The van der Waals surface area contributed by atoms with Crippen LogP contribution in [0.2, 0.25) is 5.02 Å². The van der Waals surface area contributed by atoms with Gasteiger partial charge in [0.25, 0.3) is 0 Å². The van der Waals surface area contributed by atoms with E-state index in [1.165, 1.54) is 5.56 Å². The van der Waals surface area contributed by atoms with E-state index in [2.05, 4.69) is 28.4 Å². The first kappa shape index (κ1) is 18.8. The SMILES string of the molecule is CCC(=O)NC1(C)CC(C(=O)N2CCC3(c4ccc(C)c(Cl)c4)CC3C2)C1. The van der Waals surface area contributed by atoms with E-state index in [-0.39, 0.29) is 28.7 Å². The first-order chi connectivity index (χ1) is 12.8. The van der Waals surface area contributed by atoms with Crippen LogP contribution >= 0.6 is 11.6 Å². The first-order valence-electron chi connectivity index (χ1n) is 10.1. The molecule has 4 nitrogen and oxygen atoms in total. The lowest BCUT2D eigenvalue weighted by Crippen LogP contribution is -2.59. The maximum Gasteiger partial charge on any atom is 0.225 e. The Morgan fingerprint density at radius 2 is 2.04 bits per heavy atom. The number of aryl methyl sites for hydroxylation is 1. The number of hydrogen-bond acceptors (Lipinski definition) is 2. The predicted octanol–water partition coefficient (Wildman–Crippen LogP) is 3.83. The van der Waals surface area contributed by atoms with Crippen molar-refractivity contribution in [2.75, 3.05) is 13.1 Å². The standard InChI is InChI=1S/C22H29ClN2O2/c1-4-19(26)24-21(3)10-15(11-21)20(27)25-8-7-22(12-17(22)13-25)16-6-5-14(2)18(23)9-16/h5-6,9,15,17H,4,7-8,10-13H2,1-3H3,(H,24,26). The average Bonchev–Trinajstić information content (AvgIpc) is 3.36. The second kappa shape index (κ2) is 6.51. The molecule has 2 aliphatic carbocycles. The van der Waals surface area contributed by atoms with Gasteiger partial charge in [-0.1, -0.05) is 30.7 Å². The zero-order valence-corrected chi connectivity index (χ0v) is 17.2. The molecule has 2 amide bonds. The fourth-order valence-electron chi connectivity index (χ4n) is 5.21. The van der Waals surface area contributed by atoms with E-state index in [0.717, 1.165) is 49.4 Å². The molecule has 27 heavy (non-hydrogen) atoms. The van der Waals surface area contributed by atoms with Crippen LogP contribution < -0.4 is 5.32 Å². The van der Waals surface area contributed by atoms with Gasteiger partial charge in [-0.15, -0.1) is 0 Å². The smallest absolute Gasteiger partial charge is 0.225 e. The highest BCUT2D eigenvalue weighted by molar-refractivity contribution is 6.31. The van der Waals surface area contributed by atoms with Crippen LogP contribution in [0.25, 0.3) is 0 Å². The number of nitrogens with one attached hydrogen (secondary N) is 1. The van der Waals surface area contributed by atoms with Gasteiger partial charge < -0.3 is 10.2 Å². The molecule has 1 aliphatic heterocycles. The van der Waals surface area contributed by atoms with Crippen LogP contribution in [0.3, 0.4) is 0 Å². The molecule has 1 aromatic carbocycles. The Morgan fingerprint density at radius 1 is 1.30 bits per heavy atom. The summed E-state index contributed by atoms with van der Waals surface area (Å²) >= 11 is 6.34. The minimum absolute atomic E-state index is 0.0622.